The second kappa shape index (κ2) is 9.12. The van der Waals surface area contributed by atoms with E-state index in [1.165, 1.54) is 28.9 Å². The molecule has 0 aliphatic heterocycles. The number of anilines is 1. The standard InChI is InChI=1S/C20H15ClFNO3S/c1-3-12(15(22)4-2)7-10-17(24)23-16-11-27-19(18(16)20(25)26)13-5-8-14(21)9-6-13/h3-11H,1-2H2,(H,23,24)(H,25,26)/b10-7+,15-12-. The van der Waals surface area contributed by atoms with Crippen LogP contribution < -0.4 is 5.32 Å². The topological polar surface area (TPSA) is 66.4 Å². The van der Waals surface area contributed by atoms with Crippen molar-refractivity contribution < 1.29 is 19.1 Å². The number of carbonyl (C=O) groups excluding carboxylic acids is 1. The van der Waals surface area contributed by atoms with Crippen LogP contribution in [-0.2, 0) is 4.79 Å². The van der Waals surface area contributed by atoms with Crippen LogP contribution in [0.5, 0.6) is 0 Å². The molecule has 2 N–H and O–H groups in total. The average molecular weight is 404 g/mol. The van der Waals surface area contributed by atoms with Gasteiger partial charge in [0, 0.05) is 22.1 Å². The minimum atomic E-state index is -1.18. The van der Waals surface area contributed by atoms with Crippen LogP contribution in [0.2, 0.25) is 5.02 Å². The second-order valence-corrected chi connectivity index (χ2v) is 6.52. The molecule has 0 aliphatic carbocycles. The summed E-state index contributed by atoms with van der Waals surface area (Å²) in [5, 5.41) is 14.1. The monoisotopic (exact) mass is 403 g/mol. The predicted molar refractivity (Wildman–Crippen MR) is 108 cm³/mol. The Balaban J connectivity index is 2.30. The van der Waals surface area contributed by atoms with E-state index < -0.39 is 17.7 Å². The van der Waals surface area contributed by atoms with Gasteiger partial charge in [-0.3, -0.25) is 4.79 Å². The van der Waals surface area contributed by atoms with Crippen molar-refractivity contribution in [3.8, 4) is 10.4 Å². The minimum Gasteiger partial charge on any atom is -0.478 e. The lowest BCUT2D eigenvalue weighted by molar-refractivity contribution is -0.111. The van der Waals surface area contributed by atoms with Crippen molar-refractivity contribution in [2.45, 2.75) is 0 Å². The molecule has 1 amide bonds. The maximum absolute atomic E-state index is 13.5. The first-order valence-electron chi connectivity index (χ1n) is 7.61. The molecule has 1 heterocycles. The number of rotatable bonds is 7. The SMILES string of the molecule is C=C/C(F)=C(C=C)/C=C/C(=O)Nc1csc(-c2ccc(Cl)cc2)c1C(=O)O. The highest BCUT2D eigenvalue weighted by Crippen LogP contribution is 2.36. The number of carboxylic acid groups (broad SMARTS) is 1. The van der Waals surface area contributed by atoms with E-state index in [1.54, 1.807) is 24.3 Å². The Labute approximate surface area is 164 Å². The minimum absolute atomic E-state index is 0.0270. The predicted octanol–water partition coefficient (Wildman–Crippen LogP) is 5.86. The van der Waals surface area contributed by atoms with Crippen molar-refractivity contribution in [3.05, 3.63) is 89.1 Å². The molecule has 0 unspecified atom stereocenters. The zero-order valence-corrected chi connectivity index (χ0v) is 15.6. The molecule has 27 heavy (non-hydrogen) atoms. The lowest BCUT2D eigenvalue weighted by Gasteiger charge is -2.04. The van der Waals surface area contributed by atoms with Crippen LogP contribution in [0.15, 0.2) is 78.5 Å². The number of carboxylic acids is 1. The summed E-state index contributed by atoms with van der Waals surface area (Å²) in [7, 11) is 0. The molecule has 1 aromatic heterocycles. The van der Waals surface area contributed by atoms with Crippen molar-refractivity contribution in [2.24, 2.45) is 0 Å². The van der Waals surface area contributed by atoms with E-state index in [0.29, 0.717) is 15.5 Å². The lowest BCUT2D eigenvalue weighted by atomic mass is 10.1. The van der Waals surface area contributed by atoms with Crippen molar-refractivity contribution in [1.82, 2.24) is 0 Å². The van der Waals surface area contributed by atoms with Crippen LogP contribution in [-0.4, -0.2) is 17.0 Å². The van der Waals surface area contributed by atoms with Crippen molar-refractivity contribution in [1.29, 1.82) is 0 Å². The molecule has 0 atom stereocenters. The first-order valence-corrected chi connectivity index (χ1v) is 8.87. The van der Waals surface area contributed by atoms with E-state index >= 15 is 0 Å². The van der Waals surface area contributed by atoms with Crippen LogP contribution in [0.25, 0.3) is 10.4 Å². The Morgan fingerprint density at radius 2 is 1.81 bits per heavy atom. The first kappa shape index (κ1) is 20.4. The summed E-state index contributed by atoms with van der Waals surface area (Å²) in [6.07, 6.45) is 4.56. The fourth-order valence-corrected chi connectivity index (χ4v) is 3.30. The van der Waals surface area contributed by atoms with E-state index in [9.17, 15) is 19.1 Å². The van der Waals surface area contributed by atoms with Gasteiger partial charge in [-0.25, -0.2) is 9.18 Å². The molecule has 138 valence electrons. The number of hydrogen-bond acceptors (Lipinski definition) is 3. The summed E-state index contributed by atoms with van der Waals surface area (Å²) < 4.78 is 13.5. The summed E-state index contributed by atoms with van der Waals surface area (Å²) in [5.74, 6) is -2.40. The van der Waals surface area contributed by atoms with E-state index in [0.717, 1.165) is 12.2 Å². The highest BCUT2D eigenvalue weighted by Gasteiger charge is 2.20. The zero-order chi connectivity index (χ0) is 20.0. The number of hydrogen-bond donors (Lipinski definition) is 2. The number of allylic oxidation sites excluding steroid dienone is 5. The van der Waals surface area contributed by atoms with E-state index in [4.69, 9.17) is 11.6 Å². The third-order valence-corrected chi connectivity index (χ3v) is 4.74. The number of thiophene rings is 1. The van der Waals surface area contributed by atoms with Crippen LogP contribution in [0.1, 0.15) is 10.4 Å². The van der Waals surface area contributed by atoms with Gasteiger partial charge in [-0.05, 0) is 29.8 Å². The molecule has 0 bridgehead atoms. The molecule has 7 heteroatoms. The second-order valence-electron chi connectivity index (χ2n) is 5.20. The maximum Gasteiger partial charge on any atom is 0.339 e. The van der Waals surface area contributed by atoms with Crippen molar-refractivity contribution in [2.75, 3.05) is 5.32 Å². The molecule has 0 radical (unpaired) electrons. The third-order valence-electron chi connectivity index (χ3n) is 3.46. The normalized spacial score (nSPS) is 11.8. The lowest BCUT2D eigenvalue weighted by Crippen LogP contribution is -2.11. The smallest absolute Gasteiger partial charge is 0.339 e. The van der Waals surface area contributed by atoms with Gasteiger partial charge < -0.3 is 10.4 Å². The number of amides is 1. The molecule has 0 saturated carbocycles. The summed E-state index contributed by atoms with van der Waals surface area (Å²) in [4.78, 5) is 24.3. The largest absolute Gasteiger partial charge is 0.478 e. The highest BCUT2D eigenvalue weighted by atomic mass is 35.5. The molecule has 0 fully saturated rings. The van der Waals surface area contributed by atoms with Gasteiger partial charge in [0.25, 0.3) is 0 Å². The first-order chi connectivity index (χ1) is 12.9. The quantitative estimate of drug-likeness (QED) is 0.449. The Bertz CT molecular complexity index is 958. The van der Waals surface area contributed by atoms with Gasteiger partial charge in [0.2, 0.25) is 5.91 Å². The van der Waals surface area contributed by atoms with Crippen molar-refractivity contribution >= 4 is 40.5 Å². The molecule has 0 aliphatic rings. The summed E-state index contributed by atoms with van der Waals surface area (Å²) in [6, 6.07) is 6.71. The average Bonchev–Trinajstić information content (AvgIpc) is 3.06. The van der Waals surface area contributed by atoms with Crippen LogP contribution in [0, 0.1) is 0 Å². The van der Waals surface area contributed by atoms with E-state index in [-0.39, 0.29) is 16.8 Å². The van der Waals surface area contributed by atoms with Crippen molar-refractivity contribution in [3.63, 3.8) is 0 Å². The Morgan fingerprint density at radius 1 is 1.15 bits per heavy atom. The van der Waals surface area contributed by atoms with E-state index in [2.05, 4.69) is 18.5 Å². The number of aromatic carboxylic acids is 1. The van der Waals surface area contributed by atoms with Crippen LogP contribution in [0.4, 0.5) is 10.1 Å². The molecule has 2 aromatic rings. The Kier molecular flexibility index (Phi) is 6.87. The fourth-order valence-electron chi connectivity index (χ4n) is 2.18. The van der Waals surface area contributed by atoms with Gasteiger partial charge >= 0.3 is 5.97 Å². The molecule has 4 nitrogen and oxygen atoms in total. The highest BCUT2D eigenvalue weighted by molar-refractivity contribution is 7.14. The molecular formula is C20H15ClFNO3S. The Hall–Kier alpha value is -2.96. The number of carbonyl (C=O) groups is 2. The van der Waals surface area contributed by atoms with Gasteiger partial charge in [-0.15, -0.1) is 11.3 Å². The number of benzene rings is 1. The molecule has 1 aromatic carbocycles. The summed E-state index contributed by atoms with van der Waals surface area (Å²) in [6.45, 7) is 6.76. The van der Waals surface area contributed by atoms with Gasteiger partial charge in [0.05, 0.1) is 10.6 Å². The molecule has 2 rings (SSSR count). The Morgan fingerprint density at radius 3 is 2.37 bits per heavy atom. The van der Waals surface area contributed by atoms with Crippen LogP contribution in [0.3, 0.4) is 0 Å². The van der Waals surface area contributed by atoms with Gasteiger partial charge in [0.15, 0.2) is 0 Å². The fraction of sp³-hybridized carbons (Fsp3) is 0. The van der Waals surface area contributed by atoms with Gasteiger partial charge in [-0.2, -0.15) is 0 Å². The zero-order valence-electron chi connectivity index (χ0n) is 14.0. The molecular weight excluding hydrogens is 389 g/mol. The molecule has 0 spiro atoms. The number of nitrogens with one attached hydrogen (secondary N) is 1. The molecule has 0 saturated heterocycles. The third kappa shape index (κ3) is 5.03. The van der Waals surface area contributed by atoms with Gasteiger partial charge in [-0.1, -0.05) is 43.0 Å². The maximum atomic E-state index is 13.5. The number of halogens is 2. The van der Waals surface area contributed by atoms with Gasteiger partial charge in [0.1, 0.15) is 11.4 Å². The summed E-state index contributed by atoms with van der Waals surface area (Å²) in [5.41, 5.74) is 0.884. The van der Waals surface area contributed by atoms with E-state index in [1.807, 2.05) is 0 Å². The summed E-state index contributed by atoms with van der Waals surface area (Å²) >= 11 is 7.04. The van der Waals surface area contributed by atoms with Crippen LogP contribution >= 0.6 is 22.9 Å².